The van der Waals surface area contributed by atoms with Gasteiger partial charge >= 0.3 is 21.6 Å². The second-order valence-electron chi connectivity index (χ2n) is 7.33. The molecule has 0 atom stereocenters. The molecule has 2 aliphatic rings. The van der Waals surface area contributed by atoms with Crippen LogP contribution in [0.25, 0.3) is 0 Å². The molecule has 13 heteroatoms. The van der Waals surface area contributed by atoms with Crippen LogP contribution >= 0.6 is 0 Å². The Balaban J connectivity index is 1.80. The summed E-state index contributed by atoms with van der Waals surface area (Å²) < 4.78 is 86.8. The van der Waals surface area contributed by atoms with E-state index < -0.39 is 38.7 Å². The van der Waals surface area contributed by atoms with Crippen LogP contribution in [0, 0.1) is 0 Å². The van der Waals surface area contributed by atoms with E-state index in [1.54, 1.807) is 0 Å². The summed E-state index contributed by atoms with van der Waals surface area (Å²) in [5.41, 5.74) is -6.26. The third kappa shape index (κ3) is 5.71. The first-order chi connectivity index (χ1) is 14.4. The number of benzene rings is 1. The van der Waals surface area contributed by atoms with Crippen LogP contribution in [0.2, 0.25) is 0 Å². The number of rotatable bonds is 7. The lowest BCUT2D eigenvalue weighted by atomic mass is 10.1. The molecule has 0 unspecified atom stereocenters. The molecule has 0 aliphatic carbocycles. The summed E-state index contributed by atoms with van der Waals surface area (Å²) in [5, 5.41) is 0. The molecule has 0 N–H and O–H groups in total. The van der Waals surface area contributed by atoms with Crippen molar-refractivity contribution in [3.05, 3.63) is 17.7 Å². The van der Waals surface area contributed by atoms with Crippen LogP contribution < -0.4 is 13.7 Å². The minimum atomic E-state index is -6.03. The van der Waals surface area contributed by atoms with E-state index in [0.29, 0.717) is 19.6 Å². The topological polar surface area (TPSA) is 101 Å². The Morgan fingerprint density at radius 1 is 1.16 bits per heavy atom. The zero-order chi connectivity index (χ0) is 22.9. The van der Waals surface area contributed by atoms with Crippen LogP contribution in [0.4, 0.5) is 13.2 Å². The van der Waals surface area contributed by atoms with Gasteiger partial charge in [0.2, 0.25) is 5.79 Å². The van der Waals surface area contributed by atoms with Crippen molar-refractivity contribution >= 4 is 16.1 Å². The van der Waals surface area contributed by atoms with Crippen molar-refractivity contribution in [2.24, 2.45) is 0 Å². The van der Waals surface area contributed by atoms with Gasteiger partial charge in [-0.2, -0.15) is 21.6 Å². The minimum Gasteiger partial charge on any atom is -0.493 e. The fourth-order valence-corrected chi connectivity index (χ4v) is 3.49. The van der Waals surface area contributed by atoms with E-state index in [1.807, 2.05) is 0 Å². The lowest BCUT2D eigenvalue weighted by Gasteiger charge is -2.32. The first kappa shape index (κ1) is 23.4. The van der Waals surface area contributed by atoms with E-state index >= 15 is 0 Å². The second kappa shape index (κ2) is 8.71. The van der Waals surface area contributed by atoms with Crippen molar-refractivity contribution < 1.29 is 49.5 Å². The van der Waals surface area contributed by atoms with Crippen LogP contribution in [0.15, 0.2) is 12.1 Å². The second-order valence-corrected chi connectivity index (χ2v) is 8.86. The average molecular weight is 469 g/mol. The molecule has 0 bridgehead atoms. The number of hydrogen-bond donors (Lipinski definition) is 0. The summed E-state index contributed by atoms with van der Waals surface area (Å²) in [6.45, 7) is 6.60. The van der Waals surface area contributed by atoms with E-state index in [4.69, 9.17) is 18.9 Å². The predicted octanol–water partition coefficient (Wildman–Crippen LogP) is 2.30. The maximum Gasteiger partial charge on any atom is 0.534 e. The lowest BCUT2D eigenvalue weighted by Crippen LogP contribution is -2.39. The molecule has 174 valence electrons. The van der Waals surface area contributed by atoms with Gasteiger partial charge in [0.25, 0.3) is 0 Å². The molecule has 0 saturated carbocycles. The van der Waals surface area contributed by atoms with E-state index in [9.17, 15) is 26.4 Å². The molecule has 1 aromatic carbocycles. The van der Waals surface area contributed by atoms with E-state index in [0.717, 1.165) is 25.7 Å². The number of fused-ring (bicyclic) bond motifs is 1. The average Bonchev–Trinajstić information content (AvgIpc) is 2.63. The van der Waals surface area contributed by atoms with Crippen LogP contribution in [0.5, 0.6) is 17.2 Å². The van der Waals surface area contributed by atoms with E-state index in [1.165, 1.54) is 19.9 Å². The minimum absolute atomic E-state index is 0.0152. The summed E-state index contributed by atoms with van der Waals surface area (Å²) in [7, 11) is -6.03. The first-order valence-corrected chi connectivity index (χ1v) is 10.8. The molecule has 1 saturated heterocycles. The number of cyclic esters (lactones) is 1. The quantitative estimate of drug-likeness (QED) is 0.258. The summed E-state index contributed by atoms with van der Waals surface area (Å²) in [6.07, 6.45) is 0.600. The van der Waals surface area contributed by atoms with Crippen LogP contribution in [0.3, 0.4) is 0 Å². The summed E-state index contributed by atoms with van der Waals surface area (Å²) in [6, 6.07) is 2.17. The SMILES string of the molecule is CC1(C)OC(=O)c2c(cc(OCCCN3CCOCC3)cc2OS(=O)(=O)C(F)(F)F)O1. The first-order valence-electron chi connectivity index (χ1n) is 9.42. The Labute approximate surface area is 177 Å². The van der Waals surface area contributed by atoms with Gasteiger partial charge in [-0.3, -0.25) is 4.90 Å². The Hall–Kier alpha value is -2.25. The normalized spacial score (nSPS) is 19.2. The van der Waals surface area contributed by atoms with Crippen molar-refractivity contribution in [1.29, 1.82) is 0 Å². The zero-order valence-electron chi connectivity index (χ0n) is 16.9. The van der Waals surface area contributed by atoms with Gasteiger partial charge in [-0.05, 0) is 6.42 Å². The number of morpholine rings is 1. The largest absolute Gasteiger partial charge is 0.534 e. The van der Waals surface area contributed by atoms with E-state index in [2.05, 4.69) is 9.08 Å². The molecule has 2 heterocycles. The highest BCUT2D eigenvalue weighted by atomic mass is 32.2. The van der Waals surface area contributed by atoms with Crippen molar-refractivity contribution in [3.8, 4) is 17.2 Å². The Bertz CT molecular complexity index is 926. The number of ether oxygens (including phenoxy) is 4. The highest BCUT2D eigenvalue weighted by Gasteiger charge is 2.50. The van der Waals surface area contributed by atoms with Gasteiger partial charge in [-0.1, -0.05) is 0 Å². The fraction of sp³-hybridized carbons (Fsp3) is 0.611. The van der Waals surface area contributed by atoms with Gasteiger partial charge in [-0.15, -0.1) is 0 Å². The van der Waals surface area contributed by atoms with Gasteiger partial charge < -0.3 is 23.1 Å². The molecule has 0 radical (unpaired) electrons. The lowest BCUT2D eigenvalue weighted by molar-refractivity contribution is -0.127. The summed E-state index contributed by atoms with van der Waals surface area (Å²) >= 11 is 0. The summed E-state index contributed by atoms with van der Waals surface area (Å²) in [5.74, 6) is -3.62. The van der Waals surface area contributed by atoms with Crippen molar-refractivity contribution in [2.45, 2.75) is 31.6 Å². The molecule has 0 amide bonds. The highest BCUT2D eigenvalue weighted by Crippen LogP contribution is 2.42. The smallest absolute Gasteiger partial charge is 0.493 e. The number of carbonyl (C=O) groups excluding carboxylic acids is 1. The van der Waals surface area contributed by atoms with Gasteiger partial charge in [0.05, 0.1) is 19.8 Å². The number of alkyl halides is 3. The molecular formula is C18H22F3NO8S. The number of nitrogens with zero attached hydrogens (tertiary/aromatic N) is 1. The molecular weight excluding hydrogens is 447 g/mol. The number of hydrogen-bond acceptors (Lipinski definition) is 9. The molecule has 31 heavy (non-hydrogen) atoms. The maximum atomic E-state index is 12.8. The van der Waals surface area contributed by atoms with Crippen LogP contribution in [-0.2, 0) is 19.6 Å². The standard InChI is InChI=1S/C18H22F3NO8S/c1-17(2)28-13-10-12(27-7-3-4-22-5-8-26-9-6-22)11-14(15(13)16(23)29-17)30-31(24,25)18(19,20)21/h10-11H,3-9H2,1-2H3. The predicted molar refractivity (Wildman–Crippen MR) is 99.5 cm³/mol. The van der Waals surface area contributed by atoms with Crippen molar-refractivity contribution in [2.75, 3.05) is 39.5 Å². The van der Waals surface area contributed by atoms with Crippen molar-refractivity contribution in [1.82, 2.24) is 4.90 Å². The molecule has 3 rings (SSSR count). The molecule has 9 nitrogen and oxygen atoms in total. The van der Waals surface area contributed by atoms with E-state index in [-0.39, 0.29) is 18.1 Å². The third-order valence-electron chi connectivity index (χ3n) is 4.41. The van der Waals surface area contributed by atoms with Gasteiger partial charge in [0.1, 0.15) is 17.1 Å². The van der Waals surface area contributed by atoms with Crippen LogP contribution in [-0.4, -0.2) is 70.0 Å². The molecule has 1 fully saturated rings. The zero-order valence-corrected chi connectivity index (χ0v) is 17.7. The Morgan fingerprint density at radius 2 is 1.84 bits per heavy atom. The monoisotopic (exact) mass is 469 g/mol. The highest BCUT2D eigenvalue weighted by molar-refractivity contribution is 7.88. The Morgan fingerprint density at radius 3 is 2.48 bits per heavy atom. The van der Waals surface area contributed by atoms with Crippen molar-refractivity contribution in [3.63, 3.8) is 0 Å². The van der Waals surface area contributed by atoms with Gasteiger partial charge in [-0.25, -0.2) is 4.79 Å². The Kier molecular flexibility index (Phi) is 6.58. The molecule has 0 aromatic heterocycles. The number of halogens is 3. The third-order valence-corrected chi connectivity index (χ3v) is 5.38. The summed E-state index contributed by atoms with van der Waals surface area (Å²) in [4.78, 5) is 14.5. The van der Waals surface area contributed by atoms with Gasteiger partial charge in [0.15, 0.2) is 5.75 Å². The maximum absolute atomic E-state index is 12.8. The molecule has 1 aromatic rings. The molecule has 2 aliphatic heterocycles. The van der Waals surface area contributed by atoms with Crippen LogP contribution in [0.1, 0.15) is 30.6 Å². The van der Waals surface area contributed by atoms with Gasteiger partial charge in [0, 0.05) is 45.6 Å². The number of esters is 1. The fourth-order valence-electron chi connectivity index (χ4n) is 3.02. The molecule has 0 spiro atoms. The number of carbonyl (C=O) groups is 1.